The van der Waals surface area contributed by atoms with Crippen molar-refractivity contribution in [3.63, 3.8) is 0 Å². The molecule has 0 aliphatic heterocycles. The van der Waals surface area contributed by atoms with E-state index >= 15 is 0 Å². The number of aromatic nitrogens is 1. The Bertz CT molecular complexity index is 823. The highest BCUT2D eigenvalue weighted by molar-refractivity contribution is 7.99. The van der Waals surface area contributed by atoms with E-state index in [4.69, 9.17) is 0 Å². The van der Waals surface area contributed by atoms with Gasteiger partial charge in [-0.25, -0.2) is 13.4 Å². The number of carbonyl (C=O) groups excluding carboxylic acids is 1. The van der Waals surface area contributed by atoms with Crippen molar-refractivity contribution >= 4 is 40.8 Å². The third kappa shape index (κ3) is 4.64. The number of rotatable bonds is 7. The van der Waals surface area contributed by atoms with E-state index in [0.29, 0.717) is 12.3 Å². The third-order valence-corrected chi connectivity index (χ3v) is 7.11. The molecular weight excluding hydrogens is 355 g/mol. The van der Waals surface area contributed by atoms with Gasteiger partial charge in [-0.3, -0.25) is 4.79 Å². The average molecular weight is 376 g/mol. The highest BCUT2D eigenvalue weighted by Gasteiger charge is 2.43. The van der Waals surface area contributed by atoms with Crippen LogP contribution in [-0.4, -0.2) is 44.2 Å². The van der Waals surface area contributed by atoms with Crippen LogP contribution in [0.25, 0.3) is 0 Å². The number of nitrogens with zero attached hydrogens (tertiary/aromatic N) is 1. The number of benzene rings is 1. The van der Waals surface area contributed by atoms with Crippen molar-refractivity contribution in [2.45, 2.75) is 28.5 Å². The second-order valence-corrected chi connectivity index (χ2v) is 9.72. The second kappa shape index (κ2) is 8.06. The molecular formula is C17H21BN2O3S2. The first kappa shape index (κ1) is 19.5. The van der Waals surface area contributed by atoms with Gasteiger partial charge >= 0.3 is 0 Å². The van der Waals surface area contributed by atoms with Crippen molar-refractivity contribution in [1.82, 2.24) is 10.3 Å². The molecule has 0 bridgehead atoms. The number of pyridine rings is 1. The van der Waals surface area contributed by atoms with Gasteiger partial charge in [0.15, 0.2) is 9.77 Å². The predicted octanol–water partition coefficient (Wildman–Crippen LogP) is 0.801. The molecule has 1 N–H and O–H groups in total. The van der Waals surface area contributed by atoms with E-state index in [-0.39, 0.29) is 5.03 Å². The van der Waals surface area contributed by atoms with Gasteiger partial charge in [0.25, 0.3) is 0 Å². The van der Waals surface area contributed by atoms with Gasteiger partial charge in [0, 0.05) is 23.4 Å². The van der Waals surface area contributed by atoms with Gasteiger partial charge in [0.05, 0.1) is 0 Å². The van der Waals surface area contributed by atoms with Crippen LogP contribution in [0.15, 0.2) is 58.6 Å². The molecule has 0 aliphatic rings. The maximum atomic E-state index is 12.7. The summed E-state index contributed by atoms with van der Waals surface area (Å²) in [6, 6.07) is 12.9. The molecule has 1 aromatic heterocycles. The minimum absolute atomic E-state index is 0.0862. The molecule has 0 spiro atoms. The topological polar surface area (TPSA) is 76.1 Å². The summed E-state index contributed by atoms with van der Waals surface area (Å²) < 4.78 is 23.9. The van der Waals surface area contributed by atoms with Gasteiger partial charge in [-0.2, -0.15) is 0 Å². The van der Waals surface area contributed by atoms with Crippen molar-refractivity contribution in [1.29, 1.82) is 0 Å². The first-order valence-corrected chi connectivity index (χ1v) is 10.4. The van der Waals surface area contributed by atoms with E-state index in [1.54, 1.807) is 17.8 Å². The number of amides is 1. The lowest BCUT2D eigenvalue weighted by atomic mass is 9.99. The fourth-order valence-electron chi connectivity index (χ4n) is 2.06. The molecule has 0 saturated carbocycles. The summed E-state index contributed by atoms with van der Waals surface area (Å²) in [6.45, 7) is 3.20. The molecule has 1 aromatic carbocycles. The molecule has 1 heterocycles. The number of sulfone groups is 1. The fraction of sp³-hybridized carbons (Fsp3) is 0.294. The molecule has 5 nitrogen and oxygen atoms in total. The van der Waals surface area contributed by atoms with E-state index in [2.05, 4.69) is 10.3 Å². The summed E-state index contributed by atoms with van der Waals surface area (Å²) in [7, 11) is -2.05. The van der Waals surface area contributed by atoms with Crippen molar-refractivity contribution < 1.29 is 13.2 Å². The normalized spacial score (nSPS) is 11.9. The van der Waals surface area contributed by atoms with Crippen LogP contribution in [0, 0.1) is 0 Å². The predicted molar refractivity (Wildman–Crippen MR) is 104 cm³/mol. The Morgan fingerprint density at radius 3 is 2.48 bits per heavy atom. The van der Waals surface area contributed by atoms with Crippen LogP contribution in [0.5, 0.6) is 0 Å². The summed E-state index contributed by atoms with van der Waals surface area (Å²) in [6.07, 6.45) is 1.48. The maximum Gasteiger partial charge on any atom is 0.241 e. The number of nitrogens with one attached hydrogen (secondary N) is 1. The first-order valence-electron chi connectivity index (χ1n) is 7.88. The lowest BCUT2D eigenvalue weighted by Crippen LogP contribution is -2.48. The number of hydrogen-bond donors (Lipinski definition) is 1. The van der Waals surface area contributed by atoms with Crippen molar-refractivity contribution in [2.75, 3.05) is 12.3 Å². The fourth-order valence-corrected chi connectivity index (χ4v) is 4.13. The minimum atomic E-state index is -3.87. The third-order valence-electron chi connectivity index (χ3n) is 3.78. The van der Waals surface area contributed by atoms with E-state index in [0.717, 1.165) is 10.4 Å². The molecule has 25 heavy (non-hydrogen) atoms. The zero-order valence-electron chi connectivity index (χ0n) is 14.5. The quantitative estimate of drug-likeness (QED) is 0.440. The smallest absolute Gasteiger partial charge is 0.241 e. The second-order valence-electron chi connectivity index (χ2n) is 6.10. The molecule has 8 heteroatoms. The molecule has 0 fully saturated rings. The van der Waals surface area contributed by atoms with Crippen LogP contribution in [0.1, 0.15) is 13.8 Å². The van der Waals surface area contributed by atoms with Gasteiger partial charge in [-0.1, -0.05) is 29.7 Å². The Kier molecular flexibility index (Phi) is 6.29. The Morgan fingerprint density at radius 2 is 1.88 bits per heavy atom. The van der Waals surface area contributed by atoms with Gasteiger partial charge in [-0.05, 0) is 32.0 Å². The Hall–Kier alpha value is -1.80. The highest BCUT2D eigenvalue weighted by atomic mass is 32.2. The van der Waals surface area contributed by atoms with E-state index in [9.17, 15) is 13.2 Å². The average Bonchev–Trinajstić information content (AvgIpc) is 2.59. The van der Waals surface area contributed by atoms with Crippen LogP contribution in [0.3, 0.4) is 0 Å². The summed E-state index contributed by atoms with van der Waals surface area (Å²) in [5.41, 5.74) is 0.860. The van der Waals surface area contributed by atoms with E-state index < -0.39 is 20.5 Å². The minimum Gasteiger partial charge on any atom is -0.354 e. The molecule has 2 rings (SSSR count). The summed E-state index contributed by atoms with van der Waals surface area (Å²) in [4.78, 5) is 17.5. The van der Waals surface area contributed by atoms with Crippen LogP contribution in [0.4, 0.5) is 0 Å². The number of hydrogen-bond acceptors (Lipinski definition) is 5. The van der Waals surface area contributed by atoms with Gasteiger partial charge in [-0.15, -0.1) is 11.8 Å². The SMILES string of the molecule is Bc1ccc(S(=O)(=O)C(C)(C)C(=O)NCCSc2ccccc2)nc1. The summed E-state index contributed by atoms with van der Waals surface area (Å²) >= 11 is 1.60. The van der Waals surface area contributed by atoms with Crippen LogP contribution < -0.4 is 10.8 Å². The van der Waals surface area contributed by atoms with E-state index in [1.165, 1.54) is 26.1 Å². The number of carbonyl (C=O) groups is 1. The Labute approximate surface area is 154 Å². The largest absolute Gasteiger partial charge is 0.354 e. The highest BCUT2D eigenvalue weighted by Crippen LogP contribution is 2.24. The van der Waals surface area contributed by atoms with Crippen molar-refractivity contribution in [3.8, 4) is 0 Å². The molecule has 0 unspecified atom stereocenters. The van der Waals surface area contributed by atoms with Crippen LogP contribution in [-0.2, 0) is 14.6 Å². The molecule has 1 amide bonds. The van der Waals surface area contributed by atoms with Gasteiger partial charge in [0.1, 0.15) is 7.85 Å². The first-order chi connectivity index (χ1) is 11.7. The molecule has 2 aromatic rings. The molecule has 132 valence electrons. The lowest BCUT2D eigenvalue weighted by Gasteiger charge is -2.23. The zero-order valence-corrected chi connectivity index (χ0v) is 16.2. The molecule has 0 radical (unpaired) electrons. The van der Waals surface area contributed by atoms with Crippen LogP contribution >= 0.6 is 11.8 Å². The van der Waals surface area contributed by atoms with Gasteiger partial charge < -0.3 is 5.32 Å². The summed E-state index contributed by atoms with van der Waals surface area (Å²) in [5.74, 6) is 0.137. The standard InChI is InChI=1S/C17H21BN2O3S2/c1-17(2,25(22,23)15-9-8-13(18)12-20-15)16(21)19-10-11-24-14-6-4-3-5-7-14/h3-9,12H,10-11,18H2,1-2H3,(H,19,21). The van der Waals surface area contributed by atoms with Crippen molar-refractivity contribution in [3.05, 3.63) is 48.7 Å². The lowest BCUT2D eigenvalue weighted by molar-refractivity contribution is -0.122. The van der Waals surface area contributed by atoms with Crippen molar-refractivity contribution in [2.24, 2.45) is 0 Å². The zero-order chi connectivity index (χ0) is 18.5. The Morgan fingerprint density at radius 1 is 1.20 bits per heavy atom. The maximum absolute atomic E-state index is 12.7. The molecule has 0 atom stereocenters. The monoisotopic (exact) mass is 376 g/mol. The summed E-state index contributed by atoms with van der Waals surface area (Å²) in [5, 5.41) is 2.63. The van der Waals surface area contributed by atoms with E-state index in [1.807, 2.05) is 38.2 Å². The number of thioether (sulfide) groups is 1. The van der Waals surface area contributed by atoms with Gasteiger partial charge in [0.2, 0.25) is 15.7 Å². The molecule has 0 saturated heterocycles. The Balaban J connectivity index is 1.98. The van der Waals surface area contributed by atoms with Crippen LogP contribution in [0.2, 0.25) is 0 Å². The molecule has 0 aliphatic carbocycles.